The molecule has 0 bridgehead atoms. The highest BCUT2D eigenvalue weighted by Crippen LogP contribution is 2.31. The topological polar surface area (TPSA) is 0 Å². The van der Waals surface area contributed by atoms with Crippen LogP contribution in [0.15, 0.2) is 97.1 Å². The molecule has 0 saturated heterocycles. The van der Waals surface area contributed by atoms with Crippen molar-refractivity contribution in [2.75, 3.05) is 0 Å². The molecule has 4 aromatic carbocycles. The number of aryl methyl sites for hydroxylation is 2. The second-order valence-electron chi connectivity index (χ2n) is 7.38. The molecule has 0 aromatic heterocycles. The summed E-state index contributed by atoms with van der Waals surface area (Å²) in [5.41, 5.74) is 11.2. The average Bonchev–Trinajstić information content (AvgIpc) is 2.93. The van der Waals surface area contributed by atoms with E-state index in [2.05, 4.69) is 97.1 Å². The number of hydrogen-bond acceptors (Lipinski definition) is 0. The third kappa shape index (κ3) is 3.19. The van der Waals surface area contributed by atoms with Gasteiger partial charge < -0.3 is 0 Å². The highest BCUT2D eigenvalue weighted by Gasteiger charge is 2.15. The Morgan fingerprint density at radius 1 is 0.370 bits per heavy atom. The van der Waals surface area contributed by atoms with Gasteiger partial charge in [0.15, 0.2) is 0 Å². The van der Waals surface area contributed by atoms with Gasteiger partial charge in [0.2, 0.25) is 0 Å². The van der Waals surface area contributed by atoms with Crippen molar-refractivity contribution in [2.24, 2.45) is 0 Å². The van der Waals surface area contributed by atoms with Gasteiger partial charge in [-0.1, -0.05) is 97.1 Å². The van der Waals surface area contributed by atoms with Crippen molar-refractivity contribution in [3.05, 3.63) is 119 Å². The van der Waals surface area contributed by atoms with Gasteiger partial charge in [0.1, 0.15) is 0 Å². The summed E-state index contributed by atoms with van der Waals surface area (Å²) in [5, 5.41) is 0. The van der Waals surface area contributed by atoms with Crippen LogP contribution >= 0.6 is 0 Å². The van der Waals surface area contributed by atoms with Gasteiger partial charge in [-0.15, -0.1) is 0 Å². The Morgan fingerprint density at radius 3 is 1.26 bits per heavy atom. The third-order valence-corrected chi connectivity index (χ3v) is 5.67. The van der Waals surface area contributed by atoms with Crippen LogP contribution in [-0.4, -0.2) is 0 Å². The van der Waals surface area contributed by atoms with Crippen LogP contribution in [-0.2, 0) is 19.3 Å². The summed E-state index contributed by atoms with van der Waals surface area (Å²) >= 11 is 0. The van der Waals surface area contributed by atoms with E-state index in [1.165, 1.54) is 44.5 Å². The molecule has 0 heteroatoms. The lowest BCUT2D eigenvalue weighted by Crippen LogP contribution is -1.94. The monoisotopic (exact) mass is 346 g/mol. The largest absolute Gasteiger partial charge is 0.0622 e. The number of hydrogen-bond donors (Lipinski definition) is 0. The van der Waals surface area contributed by atoms with E-state index in [9.17, 15) is 0 Å². The van der Waals surface area contributed by atoms with Gasteiger partial charge in [-0.05, 0) is 63.8 Å². The highest BCUT2D eigenvalue weighted by atomic mass is 14.2. The average molecular weight is 346 g/mol. The van der Waals surface area contributed by atoms with Crippen molar-refractivity contribution in [1.82, 2.24) is 0 Å². The van der Waals surface area contributed by atoms with Crippen molar-refractivity contribution in [1.29, 1.82) is 0 Å². The fourth-order valence-electron chi connectivity index (χ4n) is 4.16. The summed E-state index contributed by atoms with van der Waals surface area (Å²) in [6.45, 7) is 0. The van der Waals surface area contributed by atoms with E-state index >= 15 is 0 Å². The predicted octanol–water partition coefficient (Wildman–Crippen LogP) is 6.71. The summed E-state index contributed by atoms with van der Waals surface area (Å²) in [7, 11) is 0. The quantitative estimate of drug-likeness (QED) is 0.378. The van der Waals surface area contributed by atoms with E-state index in [-0.39, 0.29) is 0 Å². The standard InChI is InChI=1S/C27H22/c1-3-7-20(8-4-1)24-15-13-22-11-12-23-14-16-25(21-9-5-2-6-10-21)18-27(23)19-26(22)17-24/h1-10,13-18H,11-12,19H2. The molecule has 5 rings (SSSR count). The summed E-state index contributed by atoms with van der Waals surface area (Å²) in [4.78, 5) is 0. The first kappa shape index (κ1) is 16.1. The molecule has 0 atom stereocenters. The van der Waals surface area contributed by atoms with Crippen LogP contribution in [0, 0.1) is 0 Å². The zero-order chi connectivity index (χ0) is 18.1. The Hall–Kier alpha value is -3.12. The van der Waals surface area contributed by atoms with E-state index < -0.39 is 0 Å². The molecule has 130 valence electrons. The molecule has 0 radical (unpaired) electrons. The van der Waals surface area contributed by atoms with Crippen LogP contribution in [0.3, 0.4) is 0 Å². The van der Waals surface area contributed by atoms with Crippen LogP contribution in [0.5, 0.6) is 0 Å². The second kappa shape index (κ2) is 6.89. The van der Waals surface area contributed by atoms with E-state index in [4.69, 9.17) is 0 Å². The maximum Gasteiger partial charge on any atom is -0.00199 e. The van der Waals surface area contributed by atoms with Crippen LogP contribution in [0.2, 0.25) is 0 Å². The Balaban J connectivity index is 1.55. The Labute approximate surface area is 161 Å². The van der Waals surface area contributed by atoms with Crippen LogP contribution in [0.4, 0.5) is 0 Å². The molecular formula is C27H22. The molecule has 4 aromatic rings. The fraction of sp³-hybridized carbons (Fsp3) is 0.111. The molecule has 27 heavy (non-hydrogen) atoms. The van der Waals surface area contributed by atoms with Gasteiger partial charge in [-0.25, -0.2) is 0 Å². The van der Waals surface area contributed by atoms with Gasteiger partial charge >= 0.3 is 0 Å². The number of fused-ring (bicyclic) bond motifs is 2. The van der Waals surface area contributed by atoms with Gasteiger partial charge in [0, 0.05) is 0 Å². The zero-order valence-electron chi connectivity index (χ0n) is 15.4. The first-order chi connectivity index (χ1) is 13.4. The minimum Gasteiger partial charge on any atom is -0.0622 e. The normalized spacial score (nSPS) is 12.7. The van der Waals surface area contributed by atoms with Crippen LogP contribution in [0.1, 0.15) is 22.3 Å². The van der Waals surface area contributed by atoms with E-state index in [0.717, 1.165) is 19.3 Å². The second-order valence-corrected chi connectivity index (χ2v) is 7.38. The van der Waals surface area contributed by atoms with Crippen molar-refractivity contribution in [3.8, 4) is 22.3 Å². The Bertz CT molecular complexity index is 987. The molecule has 0 amide bonds. The lowest BCUT2D eigenvalue weighted by molar-refractivity contribution is 0.965. The Morgan fingerprint density at radius 2 is 0.815 bits per heavy atom. The van der Waals surface area contributed by atoms with Crippen LogP contribution < -0.4 is 0 Å². The molecule has 0 spiro atoms. The fourth-order valence-corrected chi connectivity index (χ4v) is 4.16. The summed E-state index contributed by atoms with van der Waals surface area (Å²) in [6.07, 6.45) is 3.27. The van der Waals surface area contributed by atoms with Crippen molar-refractivity contribution < 1.29 is 0 Å². The summed E-state index contributed by atoms with van der Waals surface area (Å²) < 4.78 is 0. The SMILES string of the molecule is c1ccc(-c2ccc3c(c2)Cc2cc(-c4ccccc4)ccc2CC3)cc1. The smallest absolute Gasteiger partial charge is 0.00199 e. The van der Waals surface area contributed by atoms with E-state index in [1.54, 1.807) is 0 Å². The molecule has 0 nitrogen and oxygen atoms in total. The van der Waals surface area contributed by atoms with Crippen molar-refractivity contribution >= 4 is 0 Å². The summed E-state index contributed by atoms with van der Waals surface area (Å²) in [5.74, 6) is 0. The highest BCUT2D eigenvalue weighted by molar-refractivity contribution is 5.67. The third-order valence-electron chi connectivity index (χ3n) is 5.67. The minimum atomic E-state index is 1.02. The van der Waals surface area contributed by atoms with Crippen LogP contribution in [0.25, 0.3) is 22.3 Å². The molecule has 1 aliphatic carbocycles. The van der Waals surface area contributed by atoms with Gasteiger partial charge in [-0.2, -0.15) is 0 Å². The van der Waals surface area contributed by atoms with Crippen molar-refractivity contribution in [2.45, 2.75) is 19.3 Å². The molecule has 0 fully saturated rings. The maximum absolute atomic E-state index is 2.40. The molecule has 0 saturated carbocycles. The molecule has 0 N–H and O–H groups in total. The maximum atomic E-state index is 2.40. The molecule has 0 unspecified atom stereocenters. The van der Waals surface area contributed by atoms with E-state index in [1.807, 2.05) is 0 Å². The Kier molecular flexibility index (Phi) is 4.10. The van der Waals surface area contributed by atoms with Gasteiger partial charge in [-0.3, -0.25) is 0 Å². The lowest BCUT2D eigenvalue weighted by atomic mass is 9.94. The number of rotatable bonds is 2. The lowest BCUT2D eigenvalue weighted by Gasteiger charge is -2.11. The van der Waals surface area contributed by atoms with Crippen molar-refractivity contribution in [3.63, 3.8) is 0 Å². The predicted molar refractivity (Wildman–Crippen MR) is 114 cm³/mol. The molecule has 1 aliphatic rings. The molecule has 0 heterocycles. The van der Waals surface area contributed by atoms with Gasteiger partial charge in [0.05, 0.1) is 0 Å². The number of benzene rings is 4. The zero-order valence-corrected chi connectivity index (χ0v) is 15.4. The molecular weight excluding hydrogens is 324 g/mol. The first-order valence-electron chi connectivity index (χ1n) is 9.71. The minimum absolute atomic E-state index is 1.02. The van der Waals surface area contributed by atoms with E-state index in [0.29, 0.717) is 0 Å². The first-order valence-corrected chi connectivity index (χ1v) is 9.71. The molecule has 0 aliphatic heterocycles. The summed E-state index contributed by atoms with van der Waals surface area (Å²) in [6, 6.07) is 35.4. The van der Waals surface area contributed by atoms with Gasteiger partial charge in [0.25, 0.3) is 0 Å².